The van der Waals surface area contributed by atoms with Gasteiger partial charge in [0, 0.05) is 11.1 Å². The molecule has 0 saturated carbocycles. The molecule has 2 aromatic rings. The molecule has 0 fully saturated rings. The minimum absolute atomic E-state index is 0.300. The van der Waals surface area contributed by atoms with Crippen molar-refractivity contribution in [2.24, 2.45) is 16.3 Å². The summed E-state index contributed by atoms with van der Waals surface area (Å²) in [6, 6.07) is 6.52. The van der Waals surface area contributed by atoms with Crippen molar-refractivity contribution in [1.82, 2.24) is 0 Å². The maximum atomic E-state index is 9.71. The van der Waals surface area contributed by atoms with E-state index in [-0.39, 0.29) is 0 Å². The highest BCUT2D eigenvalue weighted by atomic mass is 127. The average Bonchev–Trinajstić information content (AvgIpc) is 2.95. The fourth-order valence-electron chi connectivity index (χ4n) is 3.50. The van der Waals surface area contributed by atoms with Gasteiger partial charge < -0.3 is 4.74 Å². The lowest BCUT2D eigenvalue weighted by Gasteiger charge is -2.33. The zero-order valence-electron chi connectivity index (χ0n) is 15.9. The number of nitriles is 1. The van der Waals surface area contributed by atoms with Crippen molar-refractivity contribution in [1.29, 1.82) is 5.26 Å². The van der Waals surface area contributed by atoms with Gasteiger partial charge in [-0.3, -0.25) is 0 Å². The first kappa shape index (κ1) is 21.1. The molecule has 0 unspecified atom stereocenters. The molecule has 6 heteroatoms. The molecule has 142 valence electrons. The van der Waals surface area contributed by atoms with Crippen LogP contribution in [-0.4, -0.2) is 13.3 Å². The minimum atomic E-state index is 0.300. The third-order valence-electron chi connectivity index (χ3n) is 5.14. The summed E-state index contributed by atoms with van der Waals surface area (Å²) in [5, 5.41) is 10.6. The van der Waals surface area contributed by atoms with Crippen LogP contribution in [0, 0.1) is 29.8 Å². The van der Waals surface area contributed by atoms with E-state index in [1.54, 1.807) is 18.4 Å². The molecule has 0 spiro atoms. The third kappa shape index (κ3) is 4.51. The Morgan fingerprint density at radius 1 is 1.30 bits per heavy atom. The lowest BCUT2D eigenvalue weighted by molar-refractivity contribution is 0.218. The molecule has 0 saturated heterocycles. The minimum Gasteiger partial charge on any atom is -0.495 e. The van der Waals surface area contributed by atoms with Crippen molar-refractivity contribution >= 4 is 67.7 Å². The molecular formula is C21H22I2N2OS. The first-order valence-corrected chi connectivity index (χ1v) is 11.8. The molecule has 3 rings (SSSR count). The molecule has 27 heavy (non-hydrogen) atoms. The van der Waals surface area contributed by atoms with Gasteiger partial charge in [0.1, 0.15) is 16.8 Å². The highest BCUT2D eigenvalue weighted by molar-refractivity contribution is 14.1. The van der Waals surface area contributed by atoms with Gasteiger partial charge in [0.25, 0.3) is 0 Å². The fraction of sp³-hybridized carbons (Fsp3) is 0.429. The summed E-state index contributed by atoms with van der Waals surface area (Å²) >= 11 is 6.25. The molecule has 1 heterocycles. The Morgan fingerprint density at radius 3 is 2.52 bits per heavy atom. The number of thiophene rings is 1. The zero-order chi connectivity index (χ0) is 19.8. The van der Waals surface area contributed by atoms with Crippen molar-refractivity contribution in [2.75, 3.05) is 7.11 Å². The van der Waals surface area contributed by atoms with E-state index >= 15 is 0 Å². The molecule has 0 amide bonds. The lowest BCUT2D eigenvalue weighted by Crippen LogP contribution is -2.26. The molecule has 0 N–H and O–H groups in total. The van der Waals surface area contributed by atoms with Gasteiger partial charge in [-0.25, -0.2) is 4.99 Å². The Hall–Kier alpha value is -0.660. The molecule has 1 aromatic carbocycles. The zero-order valence-corrected chi connectivity index (χ0v) is 21.0. The smallest absolute Gasteiger partial charge is 0.145 e. The van der Waals surface area contributed by atoms with Crippen LogP contribution in [0.25, 0.3) is 0 Å². The largest absolute Gasteiger partial charge is 0.495 e. The molecule has 1 aromatic heterocycles. The van der Waals surface area contributed by atoms with E-state index in [4.69, 9.17) is 9.73 Å². The summed E-state index contributed by atoms with van der Waals surface area (Å²) in [4.78, 5) is 6.05. The van der Waals surface area contributed by atoms with Crippen LogP contribution in [-0.2, 0) is 12.8 Å². The second-order valence-electron chi connectivity index (χ2n) is 7.88. The predicted molar refractivity (Wildman–Crippen MR) is 130 cm³/mol. The summed E-state index contributed by atoms with van der Waals surface area (Å²) in [5.41, 5.74) is 3.33. The molecule has 1 aliphatic rings. The maximum absolute atomic E-state index is 9.71. The van der Waals surface area contributed by atoms with Gasteiger partial charge in [-0.05, 0) is 99.0 Å². The van der Waals surface area contributed by atoms with Gasteiger partial charge in [-0.15, -0.1) is 11.3 Å². The summed E-state index contributed by atoms with van der Waals surface area (Å²) in [6.07, 6.45) is 5.07. The van der Waals surface area contributed by atoms with E-state index in [9.17, 15) is 5.26 Å². The topological polar surface area (TPSA) is 45.4 Å². The van der Waals surface area contributed by atoms with E-state index in [2.05, 4.69) is 84.2 Å². The van der Waals surface area contributed by atoms with Crippen LogP contribution in [0.15, 0.2) is 17.1 Å². The van der Waals surface area contributed by atoms with E-state index in [0.29, 0.717) is 11.3 Å². The molecule has 3 nitrogen and oxygen atoms in total. The number of aliphatic imine (C=N–C) groups is 1. The van der Waals surface area contributed by atoms with Crippen molar-refractivity contribution < 1.29 is 4.74 Å². The summed E-state index contributed by atoms with van der Waals surface area (Å²) in [5.74, 6) is 1.56. The van der Waals surface area contributed by atoms with Crippen LogP contribution in [0.5, 0.6) is 5.75 Å². The Kier molecular flexibility index (Phi) is 6.53. The molecule has 1 atom stereocenters. The standard InChI is InChI=1S/C21H22I2N2OS/c1-21(2,3)13-5-6-14-15(10-24)20(27-18(14)9-13)25-11-12-7-16(22)19(26-4)17(23)8-12/h7-8,11,13H,5-6,9H2,1-4H3/t13-/m0/s1. The quantitative estimate of drug-likeness (QED) is 0.288. The highest BCUT2D eigenvalue weighted by Gasteiger charge is 2.32. The molecule has 0 radical (unpaired) electrons. The number of hydrogen-bond acceptors (Lipinski definition) is 4. The van der Waals surface area contributed by atoms with Crippen molar-refractivity contribution in [3.8, 4) is 11.8 Å². The number of ether oxygens (including phenoxy) is 1. The Morgan fingerprint density at radius 2 is 1.96 bits per heavy atom. The maximum Gasteiger partial charge on any atom is 0.145 e. The molecular weight excluding hydrogens is 582 g/mol. The van der Waals surface area contributed by atoms with Crippen LogP contribution in [0.1, 0.15) is 48.8 Å². The number of fused-ring (bicyclic) bond motifs is 1. The average molecular weight is 604 g/mol. The summed E-state index contributed by atoms with van der Waals surface area (Å²) < 4.78 is 7.54. The number of halogens is 2. The van der Waals surface area contributed by atoms with E-state index in [1.165, 1.54) is 10.4 Å². The van der Waals surface area contributed by atoms with Crippen LogP contribution in [0.3, 0.4) is 0 Å². The predicted octanol–water partition coefficient (Wildman–Crippen LogP) is 6.74. The Labute approximate surface area is 192 Å². The van der Waals surface area contributed by atoms with Crippen LogP contribution in [0.4, 0.5) is 5.00 Å². The van der Waals surface area contributed by atoms with Gasteiger partial charge in [-0.2, -0.15) is 5.26 Å². The van der Waals surface area contributed by atoms with Gasteiger partial charge >= 0.3 is 0 Å². The second-order valence-corrected chi connectivity index (χ2v) is 11.3. The lowest BCUT2D eigenvalue weighted by atomic mass is 9.72. The number of rotatable bonds is 3. The first-order valence-electron chi connectivity index (χ1n) is 8.86. The van der Waals surface area contributed by atoms with Gasteiger partial charge in [0.2, 0.25) is 0 Å². The SMILES string of the molecule is COc1c(I)cc(C=Nc2sc3c(c2C#N)CC[C@H](C(C)(C)C)C3)cc1I. The molecule has 0 aliphatic heterocycles. The fourth-order valence-corrected chi connectivity index (χ4v) is 6.98. The molecule has 0 bridgehead atoms. The van der Waals surface area contributed by atoms with Crippen LogP contribution >= 0.6 is 56.5 Å². The van der Waals surface area contributed by atoms with E-state index < -0.39 is 0 Å². The first-order chi connectivity index (χ1) is 12.7. The van der Waals surface area contributed by atoms with Crippen molar-refractivity contribution in [3.05, 3.63) is 40.8 Å². The number of benzene rings is 1. The van der Waals surface area contributed by atoms with Crippen molar-refractivity contribution in [3.63, 3.8) is 0 Å². The second kappa shape index (κ2) is 8.37. The number of nitrogens with zero attached hydrogens (tertiary/aromatic N) is 2. The van der Waals surface area contributed by atoms with Gasteiger partial charge in [-0.1, -0.05) is 20.8 Å². The van der Waals surface area contributed by atoms with E-state index in [0.717, 1.165) is 48.3 Å². The molecule has 1 aliphatic carbocycles. The normalized spacial score (nSPS) is 17.0. The Balaban J connectivity index is 1.92. The van der Waals surface area contributed by atoms with Crippen molar-refractivity contribution in [2.45, 2.75) is 40.0 Å². The van der Waals surface area contributed by atoms with Crippen LogP contribution < -0.4 is 4.74 Å². The van der Waals surface area contributed by atoms with Gasteiger partial charge in [0.15, 0.2) is 0 Å². The number of methoxy groups -OCH3 is 1. The van der Waals surface area contributed by atoms with Gasteiger partial charge in [0.05, 0.1) is 19.8 Å². The Bertz CT molecular complexity index is 912. The monoisotopic (exact) mass is 604 g/mol. The summed E-state index contributed by atoms with van der Waals surface area (Å²) in [7, 11) is 1.69. The third-order valence-corrected chi connectivity index (χ3v) is 7.90. The highest BCUT2D eigenvalue weighted by Crippen LogP contribution is 2.44. The summed E-state index contributed by atoms with van der Waals surface area (Å²) in [6.45, 7) is 6.94. The number of hydrogen-bond donors (Lipinski definition) is 0. The van der Waals surface area contributed by atoms with Crippen LogP contribution in [0.2, 0.25) is 0 Å². The van der Waals surface area contributed by atoms with E-state index in [1.807, 2.05) is 6.21 Å².